The summed E-state index contributed by atoms with van der Waals surface area (Å²) >= 11 is 0. The Balaban J connectivity index is 3.06. The first kappa shape index (κ1) is 22.1. The largest absolute Gasteiger partial charge is 0.493 e. The quantitative estimate of drug-likeness (QED) is 0.348. The summed E-state index contributed by atoms with van der Waals surface area (Å²) in [6.07, 6.45) is 5.11. The molecular formula is C22H37N3O. The fourth-order valence-corrected chi connectivity index (χ4v) is 2.61. The average molecular weight is 360 g/mol. The summed E-state index contributed by atoms with van der Waals surface area (Å²) in [6, 6.07) is 6.28. The van der Waals surface area contributed by atoms with Crippen LogP contribution >= 0.6 is 0 Å². The third-order valence-corrected chi connectivity index (χ3v) is 4.59. The lowest BCUT2D eigenvalue weighted by atomic mass is 10.0. The van der Waals surface area contributed by atoms with E-state index in [0.717, 1.165) is 36.3 Å². The summed E-state index contributed by atoms with van der Waals surface area (Å²) in [7, 11) is 0. The van der Waals surface area contributed by atoms with Crippen LogP contribution in [-0.2, 0) is 0 Å². The van der Waals surface area contributed by atoms with Crippen molar-refractivity contribution >= 4 is 0 Å². The van der Waals surface area contributed by atoms with Gasteiger partial charge in [-0.2, -0.15) is 0 Å². The first-order chi connectivity index (χ1) is 12.4. The van der Waals surface area contributed by atoms with Gasteiger partial charge in [-0.05, 0) is 57.9 Å². The van der Waals surface area contributed by atoms with Crippen LogP contribution in [0.4, 0.5) is 0 Å². The molecule has 0 radical (unpaired) electrons. The molecule has 2 unspecified atom stereocenters. The van der Waals surface area contributed by atoms with E-state index in [9.17, 15) is 0 Å². The van der Waals surface area contributed by atoms with Gasteiger partial charge in [-0.25, -0.2) is 5.43 Å². The summed E-state index contributed by atoms with van der Waals surface area (Å²) in [5.41, 5.74) is 11.2. The predicted octanol–water partition coefficient (Wildman–Crippen LogP) is 5.34. The summed E-state index contributed by atoms with van der Waals surface area (Å²) in [5.74, 6) is 1.44. The molecule has 1 aromatic rings. The lowest BCUT2D eigenvalue weighted by Gasteiger charge is -2.25. The lowest BCUT2D eigenvalue weighted by Crippen LogP contribution is -2.40. The first-order valence-corrected chi connectivity index (χ1v) is 9.78. The Bertz CT molecular complexity index is 595. The van der Waals surface area contributed by atoms with Crippen LogP contribution < -0.4 is 20.9 Å². The van der Waals surface area contributed by atoms with Crippen LogP contribution in [0, 0.1) is 12.8 Å². The van der Waals surface area contributed by atoms with Crippen molar-refractivity contribution in [3.63, 3.8) is 0 Å². The number of benzene rings is 1. The third-order valence-electron chi connectivity index (χ3n) is 4.59. The van der Waals surface area contributed by atoms with Crippen molar-refractivity contribution in [2.75, 3.05) is 6.61 Å². The maximum Gasteiger partial charge on any atom is 0.125 e. The Morgan fingerprint density at radius 3 is 2.62 bits per heavy atom. The van der Waals surface area contributed by atoms with Crippen LogP contribution in [0.5, 0.6) is 5.75 Å². The number of hydrazine groups is 1. The Morgan fingerprint density at radius 1 is 1.27 bits per heavy atom. The standard InChI is InChI=1S/C22H37N3O/c1-8-11-19(7)24-25-22(23-15-18(6)17(5)9-2)20-14-16(4)12-13-21(20)26-10-3/h12-15,17,22-25H,7-11H2,1-6H3/b18-15+. The zero-order valence-electron chi connectivity index (χ0n) is 17.4. The maximum absolute atomic E-state index is 5.85. The minimum absolute atomic E-state index is 0.121. The predicted molar refractivity (Wildman–Crippen MR) is 112 cm³/mol. The minimum Gasteiger partial charge on any atom is -0.493 e. The molecule has 0 saturated carbocycles. The van der Waals surface area contributed by atoms with Gasteiger partial charge in [0.05, 0.1) is 6.61 Å². The maximum atomic E-state index is 5.85. The number of hydrogen-bond donors (Lipinski definition) is 3. The zero-order chi connectivity index (χ0) is 19.5. The number of aryl methyl sites for hydroxylation is 1. The fraction of sp³-hybridized carbons (Fsp3) is 0.545. The molecule has 0 amide bonds. The highest BCUT2D eigenvalue weighted by Gasteiger charge is 2.16. The van der Waals surface area contributed by atoms with Crippen molar-refractivity contribution in [2.45, 2.75) is 67.0 Å². The van der Waals surface area contributed by atoms with E-state index in [1.54, 1.807) is 0 Å². The van der Waals surface area contributed by atoms with E-state index in [1.807, 2.05) is 13.0 Å². The van der Waals surface area contributed by atoms with Gasteiger partial charge in [-0.1, -0.05) is 51.0 Å². The molecule has 1 rings (SSSR count). The van der Waals surface area contributed by atoms with Gasteiger partial charge >= 0.3 is 0 Å². The minimum atomic E-state index is -0.121. The van der Waals surface area contributed by atoms with E-state index < -0.39 is 0 Å². The Morgan fingerprint density at radius 2 is 2.00 bits per heavy atom. The van der Waals surface area contributed by atoms with Crippen molar-refractivity contribution in [2.24, 2.45) is 5.92 Å². The van der Waals surface area contributed by atoms with Gasteiger partial charge in [0.15, 0.2) is 0 Å². The normalized spacial score (nSPS) is 13.8. The van der Waals surface area contributed by atoms with Crippen molar-refractivity contribution in [1.29, 1.82) is 0 Å². The third kappa shape index (κ3) is 7.12. The molecule has 4 heteroatoms. The van der Waals surface area contributed by atoms with E-state index in [0.29, 0.717) is 12.5 Å². The highest BCUT2D eigenvalue weighted by molar-refractivity contribution is 5.39. The molecule has 0 spiro atoms. The summed E-state index contributed by atoms with van der Waals surface area (Å²) in [5, 5.41) is 3.52. The number of allylic oxidation sites excluding steroid dienone is 2. The monoisotopic (exact) mass is 359 g/mol. The second kappa shape index (κ2) is 11.6. The van der Waals surface area contributed by atoms with Crippen LogP contribution in [0.3, 0.4) is 0 Å². The molecule has 1 aromatic carbocycles. The van der Waals surface area contributed by atoms with Crippen LogP contribution in [0.15, 0.2) is 42.2 Å². The van der Waals surface area contributed by atoms with Gasteiger partial charge in [0.1, 0.15) is 11.9 Å². The number of nitrogens with one attached hydrogen (secondary N) is 3. The molecule has 0 saturated heterocycles. The van der Waals surface area contributed by atoms with E-state index in [4.69, 9.17) is 4.74 Å². The van der Waals surface area contributed by atoms with E-state index >= 15 is 0 Å². The lowest BCUT2D eigenvalue weighted by molar-refractivity contribution is 0.325. The van der Waals surface area contributed by atoms with Gasteiger partial charge in [-0.15, -0.1) is 0 Å². The SMILES string of the molecule is C=C(CCC)NNC(N/C=C(\C)C(C)CC)c1cc(C)ccc1OCC. The molecule has 26 heavy (non-hydrogen) atoms. The Labute approximate surface area is 160 Å². The van der Waals surface area contributed by atoms with Gasteiger partial charge in [0.2, 0.25) is 0 Å². The van der Waals surface area contributed by atoms with Crippen LogP contribution in [0.2, 0.25) is 0 Å². The molecule has 3 N–H and O–H groups in total. The fourth-order valence-electron chi connectivity index (χ4n) is 2.61. The topological polar surface area (TPSA) is 45.3 Å². The molecule has 0 aliphatic carbocycles. The smallest absolute Gasteiger partial charge is 0.125 e. The average Bonchev–Trinajstić information content (AvgIpc) is 2.62. The van der Waals surface area contributed by atoms with Crippen molar-refractivity contribution in [3.8, 4) is 5.75 Å². The number of rotatable bonds is 12. The van der Waals surface area contributed by atoms with E-state index in [1.165, 1.54) is 11.1 Å². The molecule has 0 fully saturated rings. The molecule has 0 bridgehead atoms. The number of hydrogen-bond acceptors (Lipinski definition) is 4. The molecule has 0 aliphatic rings. The second-order valence-corrected chi connectivity index (χ2v) is 6.89. The molecule has 146 valence electrons. The van der Waals surface area contributed by atoms with E-state index in [2.05, 4.69) is 75.7 Å². The summed E-state index contributed by atoms with van der Waals surface area (Å²) in [6.45, 7) is 17.6. The molecule has 0 aliphatic heterocycles. The van der Waals surface area contributed by atoms with Crippen LogP contribution in [0.25, 0.3) is 0 Å². The van der Waals surface area contributed by atoms with Crippen LogP contribution in [0.1, 0.15) is 71.2 Å². The highest BCUT2D eigenvalue weighted by Crippen LogP contribution is 2.26. The van der Waals surface area contributed by atoms with Crippen molar-refractivity contribution < 1.29 is 4.74 Å². The molecular weight excluding hydrogens is 322 g/mol. The van der Waals surface area contributed by atoms with Gasteiger partial charge < -0.3 is 15.5 Å². The molecule has 4 nitrogen and oxygen atoms in total. The van der Waals surface area contributed by atoms with Crippen molar-refractivity contribution in [1.82, 2.24) is 16.2 Å². The second-order valence-electron chi connectivity index (χ2n) is 6.89. The van der Waals surface area contributed by atoms with Gasteiger partial charge in [0.25, 0.3) is 0 Å². The van der Waals surface area contributed by atoms with E-state index in [-0.39, 0.29) is 6.17 Å². The van der Waals surface area contributed by atoms with Gasteiger partial charge in [0, 0.05) is 11.3 Å². The summed E-state index contributed by atoms with van der Waals surface area (Å²) in [4.78, 5) is 0. The Kier molecular flexibility index (Phi) is 9.89. The Hall–Kier alpha value is -1.94. The zero-order valence-corrected chi connectivity index (χ0v) is 17.4. The first-order valence-electron chi connectivity index (χ1n) is 9.78. The molecule has 2 atom stereocenters. The van der Waals surface area contributed by atoms with Crippen molar-refractivity contribution in [3.05, 3.63) is 53.4 Å². The highest BCUT2D eigenvalue weighted by atomic mass is 16.5. The number of ether oxygens (including phenoxy) is 1. The molecule has 0 aromatic heterocycles. The molecule has 0 heterocycles. The van der Waals surface area contributed by atoms with Gasteiger partial charge in [-0.3, -0.25) is 0 Å². The van der Waals surface area contributed by atoms with Crippen LogP contribution in [-0.4, -0.2) is 6.61 Å². The summed E-state index contributed by atoms with van der Waals surface area (Å²) < 4.78 is 5.85.